The third-order valence-corrected chi connectivity index (χ3v) is 6.17. The number of halogens is 1. The molecular formula is C20H27BFN3O2. The normalized spacial score (nSPS) is 24.6. The first-order valence-corrected chi connectivity index (χ1v) is 9.73. The van der Waals surface area contributed by atoms with Crippen molar-refractivity contribution in [2.75, 3.05) is 18.0 Å². The topological polar surface area (TPSA) is 47.5 Å². The molecule has 0 aliphatic carbocycles. The first-order chi connectivity index (χ1) is 12.7. The van der Waals surface area contributed by atoms with Gasteiger partial charge in [0.2, 0.25) is 0 Å². The number of aromatic nitrogens is 2. The molecule has 2 aliphatic heterocycles. The van der Waals surface area contributed by atoms with Crippen LogP contribution in [0, 0.1) is 11.7 Å². The minimum atomic E-state index is -0.573. The molecule has 2 fully saturated rings. The number of hydrogen-bond donors (Lipinski definition) is 0. The summed E-state index contributed by atoms with van der Waals surface area (Å²) in [5, 5.41) is 0.767. The highest BCUT2D eigenvalue weighted by molar-refractivity contribution is 6.61. The van der Waals surface area contributed by atoms with E-state index in [1.165, 1.54) is 12.6 Å². The second-order valence-electron chi connectivity index (χ2n) is 8.86. The lowest BCUT2D eigenvalue weighted by Crippen LogP contribution is -2.41. The lowest BCUT2D eigenvalue weighted by molar-refractivity contribution is 0.00578. The molecule has 0 radical (unpaired) electrons. The number of piperidine rings is 1. The van der Waals surface area contributed by atoms with Crippen molar-refractivity contribution in [1.82, 2.24) is 9.97 Å². The van der Waals surface area contributed by atoms with Crippen molar-refractivity contribution >= 4 is 29.3 Å². The Labute approximate surface area is 160 Å². The second kappa shape index (κ2) is 6.42. The third kappa shape index (κ3) is 3.21. The molecule has 5 nitrogen and oxygen atoms in total. The van der Waals surface area contributed by atoms with Gasteiger partial charge in [-0.2, -0.15) is 0 Å². The van der Waals surface area contributed by atoms with Gasteiger partial charge < -0.3 is 14.2 Å². The molecule has 144 valence electrons. The minimum absolute atomic E-state index is 0.289. The number of hydrogen-bond acceptors (Lipinski definition) is 5. The molecule has 4 heterocycles. The van der Waals surface area contributed by atoms with Gasteiger partial charge in [0.15, 0.2) is 5.82 Å². The van der Waals surface area contributed by atoms with Crippen LogP contribution in [0.2, 0.25) is 0 Å². The van der Waals surface area contributed by atoms with Crippen molar-refractivity contribution in [1.29, 1.82) is 0 Å². The zero-order valence-electron chi connectivity index (χ0n) is 16.8. The average molecular weight is 371 g/mol. The van der Waals surface area contributed by atoms with Gasteiger partial charge in [0, 0.05) is 18.5 Å². The molecular weight excluding hydrogens is 344 g/mol. The predicted octanol–water partition coefficient (Wildman–Crippen LogP) is 3.30. The van der Waals surface area contributed by atoms with E-state index in [2.05, 4.69) is 21.8 Å². The van der Waals surface area contributed by atoms with Gasteiger partial charge >= 0.3 is 7.12 Å². The Morgan fingerprint density at radius 2 is 1.85 bits per heavy atom. The summed E-state index contributed by atoms with van der Waals surface area (Å²) >= 11 is 0. The van der Waals surface area contributed by atoms with Crippen LogP contribution < -0.4 is 10.5 Å². The third-order valence-electron chi connectivity index (χ3n) is 6.17. The van der Waals surface area contributed by atoms with Crippen LogP contribution >= 0.6 is 0 Å². The van der Waals surface area contributed by atoms with E-state index in [4.69, 9.17) is 9.31 Å². The summed E-state index contributed by atoms with van der Waals surface area (Å²) in [5.74, 6) is 0.258. The Kier molecular flexibility index (Phi) is 4.43. The molecule has 0 aromatic carbocycles. The predicted molar refractivity (Wildman–Crippen MR) is 106 cm³/mol. The second-order valence-corrected chi connectivity index (χ2v) is 8.86. The van der Waals surface area contributed by atoms with E-state index in [0.717, 1.165) is 24.9 Å². The molecule has 0 bridgehead atoms. The van der Waals surface area contributed by atoms with Gasteiger partial charge in [-0.1, -0.05) is 6.92 Å². The van der Waals surface area contributed by atoms with Gasteiger partial charge in [-0.25, -0.2) is 4.39 Å². The largest absolute Gasteiger partial charge is 0.514 e. The van der Waals surface area contributed by atoms with E-state index in [1.807, 2.05) is 33.8 Å². The van der Waals surface area contributed by atoms with Crippen LogP contribution in [0.1, 0.15) is 47.5 Å². The summed E-state index contributed by atoms with van der Waals surface area (Å²) in [7, 11) is -0.573. The monoisotopic (exact) mass is 371 g/mol. The van der Waals surface area contributed by atoms with Crippen LogP contribution in [0.15, 0.2) is 18.5 Å². The van der Waals surface area contributed by atoms with Gasteiger partial charge in [-0.3, -0.25) is 9.97 Å². The molecule has 0 saturated carbocycles. The molecule has 2 saturated heterocycles. The maximum absolute atomic E-state index is 14.8. The maximum Gasteiger partial charge on any atom is 0.514 e. The number of rotatable bonds is 2. The summed E-state index contributed by atoms with van der Waals surface area (Å²) in [6.07, 6.45) is 5.24. The Morgan fingerprint density at radius 3 is 2.52 bits per heavy atom. The van der Waals surface area contributed by atoms with E-state index in [1.54, 1.807) is 6.20 Å². The molecule has 0 unspecified atom stereocenters. The van der Waals surface area contributed by atoms with Crippen molar-refractivity contribution in [2.45, 2.75) is 58.7 Å². The Morgan fingerprint density at radius 1 is 1.15 bits per heavy atom. The lowest BCUT2D eigenvalue weighted by Gasteiger charge is -2.33. The number of pyridine rings is 2. The highest BCUT2D eigenvalue weighted by atomic mass is 19.1. The average Bonchev–Trinajstić information content (AvgIpc) is 2.82. The molecule has 0 spiro atoms. The fourth-order valence-corrected chi connectivity index (χ4v) is 3.88. The maximum atomic E-state index is 14.8. The van der Waals surface area contributed by atoms with Crippen molar-refractivity contribution < 1.29 is 13.7 Å². The zero-order valence-corrected chi connectivity index (χ0v) is 16.8. The van der Waals surface area contributed by atoms with Crippen LogP contribution in [0.3, 0.4) is 0 Å². The Hall–Kier alpha value is -1.73. The van der Waals surface area contributed by atoms with Crippen LogP contribution in [0.4, 0.5) is 10.1 Å². The molecule has 27 heavy (non-hydrogen) atoms. The highest BCUT2D eigenvalue weighted by Crippen LogP contribution is 2.37. The quantitative estimate of drug-likeness (QED) is 0.759. The number of nitrogens with zero attached hydrogens (tertiary/aromatic N) is 3. The van der Waals surface area contributed by atoms with Crippen LogP contribution in [0.5, 0.6) is 0 Å². The van der Waals surface area contributed by atoms with Crippen molar-refractivity contribution in [3.63, 3.8) is 0 Å². The summed E-state index contributed by atoms with van der Waals surface area (Å²) in [6.45, 7) is 12.0. The molecule has 2 aromatic rings. The van der Waals surface area contributed by atoms with Gasteiger partial charge in [-0.05, 0) is 52.5 Å². The number of fused-ring (bicyclic) bond motifs is 1. The molecule has 0 amide bonds. The van der Waals surface area contributed by atoms with E-state index < -0.39 is 18.3 Å². The molecule has 2 aliphatic rings. The molecule has 1 atom stereocenters. The van der Waals surface area contributed by atoms with E-state index >= 15 is 0 Å². The SMILES string of the molecule is C[C@H]1CCCN(c2c(F)cnc3cnc(B4OC(C)(C)C(C)(C)O4)cc23)C1. The van der Waals surface area contributed by atoms with E-state index in [9.17, 15) is 4.39 Å². The Bertz CT molecular complexity index is 858. The van der Waals surface area contributed by atoms with Crippen LogP contribution in [-0.2, 0) is 9.31 Å². The first-order valence-electron chi connectivity index (χ1n) is 9.73. The summed E-state index contributed by atoms with van der Waals surface area (Å²) < 4.78 is 27.0. The summed E-state index contributed by atoms with van der Waals surface area (Å²) in [4.78, 5) is 10.9. The molecule has 4 rings (SSSR count). The summed E-state index contributed by atoms with van der Waals surface area (Å²) in [5.41, 5.74) is 1.07. The molecule has 2 aromatic heterocycles. The smallest absolute Gasteiger partial charge is 0.398 e. The van der Waals surface area contributed by atoms with Crippen molar-refractivity contribution in [3.05, 3.63) is 24.3 Å². The Balaban J connectivity index is 1.77. The fourth-order valence-electron chi connectivity index (χ4n) is 3.88. The minimum Gasteiger partial charge on any atom is -0.398 e. The fraction of sp³-hybridized carbons (Fsp3) is 0.600. The van der Waals surface area contributed by atoms with Gasteiger partial charge in [0.25, 0.3) is 0 Å². The highest BCUT2D eigenvalue weighted by Gasteiger charge is 2.52. The molecule has 0 N–H and O–H groups in total. The van der Waals surface area contributed by atoms with E-state index in [0.29, 0.717) is 22.7 Å². The van der Waals surface area contributed by atoms with Crippen molar-refractivity contribution in [2.24, 2.45) is 5.92 Å². The van der Waals surface area contributed by atoms with Gasteiger partial charge in [0.05, 0.1) is 40.4 Å². The lowest BCUT2D eigenvalue weighted by atomic mass is 9.83. The van der Waals surface area contributed by atoms with Gasteiger partial charge in [0.1, 0.15) is 0 Å². The zero-order chi connectivity index (χ0) is 19.4. The van der Waals surface area contributed by atoms with Crippen molar-refractivity contribution in [3.8, 4) is 0 Å². The first kappa shape index (κ1) is 18.6. The number of anilines is 1. The summed E-state index contributed by atoms with van der Waals surface area (Å²) in [6, 6.07) is 1.88. The van der Waals surface area contributed by atoms with Crippen LogP contribution in [0.25, 0.3) is 10.9 Å². The van der Waals surface area contributed by atoms with E-state index in [-0.39, 0.29) is 5.82 Å². The van der Waals surface area contributed by atoms with Crippen LogP contribution in [-0.4, -0.2) is 41.4 Å². The molecule has 7 heteroatoms. The van der Waals surface area contributed by atoms with Gasteiger partial charge in [-0.15, -0.1) is 0 Å². The standard InChI is InChI=1S/C20H27BFN3O2/c1-13-7-6-8-25(12-13)18-14-9-17(24-11-16(14)23-10-15(18)22)21-26-19(2,3)20(4,5)27-21/h9-11,13H,6-8,12H2,1-5H3/t13-/m0/s1.